The van der Waals surface area contributed by atoms with Gasteiger partial charge >= 0.3 is 12.1 Å². The van der Waals surface area contributed by atoms with Gasteiger partial charge in [-0.1, -0.05) is 26.0 Å². The average molecular weight is 404 g/mol. The maximum absolute atomic E-state index is 12.5. The van der Waals surface area contributed by atoms with Gasteiger partial charge in [0, 0.05) is 0 Å². The fraction of sp³-hybridized carbons (Fsp3) is 0.500. The number of benzene rings is 1. The highest BCUT2D eigenvalue weighted by Crippen LogP contribution is 2.18. The number of amides is 2. The van der Waals surface area contributed by atoms with E-state index in [0.717, 1.165) is 0 Å². The molecule has 0 aliphatic carbocycles. The quantitative estimate of drug-likeness (QED) is 0.615. The molecule has 1 aromatic carbocycles. The molecular formula is C18H23F3N2O5. The van der Waals surface area contributed by atoms with Crippen molar-refractivity contribution < 1.29 is 37.0 Å². The highest BCUT2D eigenvalue weighted by atomic mass is 19.4. The van der Waals surface area contributed by atoms with E-state index < -0.39 is 49.1 Å². The van der Waals surface area contributed by atoms with E-state index in [0.29, 0.717) is 12.4 Å². The second-order valence-corrected chi connectivity index (χ2v) is 6.12. The van der Waals surface area contributed by atoms with Crippen molar-refractivity contribution in [1.29, 1.82) is 0 Å². The molecule has 0 spiro atoms. The predicted octanol–water partition coefficient (Wildman–Crippen LogP) is 2.06. The molecule has 0 saturated carbocycles. The van der Waals surface area contributed by atoms with E-state index in [1.165, 1.54) is 6.07 Å². The Hall–Kier alpha value is -2.78. The second-order valence-electron chi connectivity index (χ2n) is 6.12. The van der Waals surface area contributed by atoms with Crippen LogP contribution in [-0.2, 0) is 14.3 Å². The number of hydrogen-bond acceptors (Lipinski definition) is 5. The zero-order valence-electron chi connectivity index (χ0n) is 15.8. The van der Waals surface area contributed by atoms with E-state index in [4.69, 9.17) is 9.47 Å². The number of nitrogens with one attached hydrogen (secondary N) is 2. The number of halogens is 3. The van der Waals surface area contributed by atoms with Crippen molar-refractivity contribution in [2.45, 2.75) is 33.0 Å². The third-order valence-electron chi connectivity index (χ3n) is 3.47. The van der Waals surface area contributed by atoms with Crippen LogP contribution in [0.3, 0.4) is 0 Å². The molecule has 0 aliphatic heterocycles. The van der Waals surface area contributed by atoms with Crippen LogP contribution in [0.4, 0.5) is 13.2 Å². The Morgan fingerprint density at radius 1 is 1.14 bits per heavy atom. The van der Waals surface area contributed by atoms with Crippen LogP contribution in [-0.4, -0.2) is 49.8 Å². The largest absolute Gasteiger partial charge is 0.493 e. The molecule has 156 valence electrons. The smallest absolute Gasteiger partial charge is 0.405 e. The molecule has 1 aromatic rings. The first-order chi connectivity index (χ1) is 13.0. The van der Waals surface area contributed by atoms with Crippen LogP contribution < -0.4 is 15.4 Å². The fourth-order valence-electron chi connectivity index (χ4n) is 2.13. The SMILES string of the molecule is CCOc1ccccc1C(=O)N[C@@H](C(=O)OCC(=O)NCC(F)(F)F)C(C)C. The molecule has 28 heavy (non-hydrogen) atoms. The maximum Gasteiger partial charge on any atom is 0.405 e. The predicted molar refractivity (Wildman–Crippen MR) is 93.7 cm³/mol. The van der Waals surface area contributed by atoms with Gasteiger partial charge in [-0.25, -0.2) is 4.79 Å². The molecule has 10 heteroatoms. The Labute approximate surface area is 160 Å². The molecule has 1 rings (SSSR count). The molecule has 2 N–H and O–H groups in total. The van der Waals surface area contributed by atoms with E-state index in [-0.39, 0.29) is 5.56 Å². The first-order valence-corrected chi connectivity index (χ1v) is 8.58. The van der Waals surface area contributed by atoms with Crippen molar-refractivity contribution in [2.24, 2.45) is 5.92 Å². The van der Waals surface area contributed by atoms with Crippen LogP contribution in [0.5, 0.6) is 5.75 Å². The van der Waals surface area contributed by atoms with Gasteiger partial charge in [0.05, 0.1) is 12.2 Å². The highest BCUT2D eigenvalue weighted by Gasteiger charge is 2.29. The van der Waals surface area contributed by atoms with E-state index in [2.05, 4.69) is 5.32 Å². The van der Waals surface area contributed by atoms with Gasteiger partial charge in [0.1, 0.15) is 18.3 Å². The second kappa shape index (κ2) is 10.5. The molecular weight excluding hydrogens is 381 g/mol. The zero-order valence-corrected chi connectivity index (χ0v) is 15.8. The molecule has 0 saturated heterocycles. The molecule has 0 bridgehead atoms. The minimum Gasteiger partial charge on any atom is -0.493 e. The minimum atomic E-state index is -4.57. The lowest BCUT2D eigenvalue weighted by atomic mass is 10.0. The lowest BCUT2D eigenvalue weighted by molar-refractivity contribution is -0.153. The van der Waals surface area contributed by atoms with Crippen LogP contribution >= 0.6 is 0 Å². The van der Waals surface area contributed by atoms with Crippen molar-refractivity contribution in [2.75, 3.05) is 19.8 Å². The van der Waals surface area contributed by atoms with Gasteiger partial charge in [0.2, 0.25) is 0 Å². The Morgan fingerprint density at radius 3 is 2.36 bits per heavy atom. The van der Waals surface area contributed by atoms with Gasteiger partial charge in [-0.15, -0.1) is 0 Å². The monoisotopic (exact) mass is 404 g/mol. The zero-order chi connectivity index (χ0) is 21.3. The third kappa shape index (κ3) is 7.85. The van der Waals surface area contributed by atoms with Gasteiger partial charge in [0.15, 0.2) is 6.61 Å². The molecule has 1 atom stereocenters. The molecule has 0 heterocycles. The van der Waals surface area contributed by atoms with Gasteiger partial charge in [0.25, 0.3) is 11.8 Å². The molecule has 7 nitrogen and oxygen atoms in total. The van der Waals surface area contributed by atoms with Crippen LogP contribution in [0.15, 0.2) is 24.3 Å². The fourth-order valence-corrected chi connectivity index (χ4v) is 2.13. The summed E-state index contributed by atoms with van der Waals surface area (Å²) >= 11 is 0. The average Bonchev–Trinajstić information content (AvgIpc) is 2.62. The minimum absolute atomic E-state index is 0.214. The van der Waals surface area contributed by atoms with Crippen molar-refractivity contribution in [3.05, 3.63) is 29.8 Å². The van der Waals surface area contributed by atoms with Crippen molar-refractivity contribution in [3.63, 3.8) is 0 Å². The Bertz CT molecular complexity index is 692. The lowest BCUT2D eigenvalue weighted by Gasteiger charge is -2.21. The first kappa shape index (κ1) is 23.3. The molecule has 0 fully saturated rings. The number of esters is 1. The summed E-state index contributed by atoms with van der Waals surface area (Å²) in [5, 5.41) is 4.10. The summed E-state index contributed by atoms with van der Waals surface area (Å²) in [6, 6.07) is 5.35. The number of hydrogen-bond donors (Lipinski definition) is 2. The summed E-state index contributed by atoms with van der Waals surface area (Å²) in [5.74, 6) is -2.67. The number of carbonyl (C=O) groups is 3. The molecule has 2 amide bonds. The number of alkyl halides is 3. The highest BCUT2D eigenvalue weighted by molar-refractivity contribution is 5.99. The van der Waals surface area contributed by atoms with Crippen molar-refractivity contribution in [1.82, 2.24) is 10.6 Å². The summed E-state index contributed by atoms with van der Waals surface area (Å²) in [4.78, 5) is 36.1. The van der Waals surface area contributed by atoms with E-state index >= 15 is 0 Å². The van der Waals surface area contributed by atoms with Gasteiger partial charge in [-0.2, -0.15) is 13.2 Å². The maximum atomic E-state index is 12.5. The molecule has 0 radical (unpaired) electrons. The lowest BCUT2D eigenvalue weighted by Crippen LogP contribution is -2.46. The van der Waals surface area contributed by atoms with Crippen molar-refractivity contribution in [3.8, 4) is 5.75 Å². The number of carbonyl (C=O) groups excluding carboxylic acids is 3. The van der Waals surface area contributed by atoms with Crippen LogP contribution in [0, 0.1) is 5.92 Å². The topological polar surface area (TPSA) is 93.7 Å². The Kier molecular flexibility index (Phi) is 8.75. The van der Waals surface area contributed by atoms with Crippen LogP contribution in [0.25, 0.3) is 0 Å². The summed E-state index contributed by atoms with van der Waals surface area (Å²) in [7, 11) is 0. The van der Waals surface area contributed by atoms with E-state index in [9.17, 15) is 27.6 Å². The molecule has 0 aliphatic rings. The first-order valence-electron chi connectivity index (χ1n) is 8.58. The number of rotatable bonds is 9. The van der Waals surface area contributed by atoms with E-state index in [1.54, 1.807) is 44.3 Å². The third-order valence-corrected chi connectivity index (χ3v) is 3.47. The van der Waals surface area contributed by atoms with E-state index in [1.807, 2.05) is 0 Å². The molecule has 0 aromatic heterocycles. The Morgan fingerprint density at radius 2 is 1.79 bits per heavy atom. The van der Waals surface area contributed by atoms with Gasteiger partial charge in [-0.3, -0.25) is 9.59 Å². The summed E-state index contributed by atoms with van der Waals surface area (Å²) in [6.07, 6.45) is -4.57. The summed E-state index contributed by atoms with van der Waals surface area (Å²) in [5.41, 5.74) is 0.214. The number of ether oxygens (including phenoxy) is 2. The summed E-state index contributed by atoms with van der Waals surface area (Å²) < 4.78 is 46.3. The van der Waals surface area contributed by atoms with Crippen LogP contribution in [0.2, 0.25) is 0 Å². The Balaban J connectivity index is 2.71. The number of para-hydroxylation sites is 1. The van der Waals surface area contributed by atoms with Gasteiger partial charge < -0.3 is 20.1 Å². The summed E-state index contributed by atoms with van der Waals surface area (Å²) in [6.45, 7) is 2.97. The van der Waals surface area contributed by atoms with Crippen LogP contribution in [0.1, 0.15) is 31.1 Å². The normalized spacial score (nSPS) is 12.2. The van der Waals surface area contributed by atoms with Gasteiger partial charge in [-0.05, 0) is 25.0 Å². The molecule has 0 unspecified atom stereocenters. The standard InChI is InChI=1S/C18H23F3N2O5/c1-4-27-13-8-6-5-7-12(13)16(25)23-15(11(2)3)17(26)28-9-14(24)22-10-18(19,20)21/h5-8,11,15H,4,9-10H2,1-3H3,(H,22,24)(H,23,25)/t15-/m1/s1. The van der Waals surface area contributed by atoms with Crippen molar-refractivity contribution >= 4 is 17.8 Å².